The number of aliphatic hydroxyl groups is 4. The van der Waals surface area contributed by atoms with E-state index in [1.165, 1.54) is 6.92 Å². The first-order valence-corrected chi connectivity index (χ1v) is 3.38. The molecular weight excluding hydrogens is 152 g/mol. The van der Waals surface area contributed by atoms with Crippen molar-refractivity contribution in [2.24, 2.45) is 0 Å². The van der Waals surface area contributed by atoms with Gasteiger partial charge >= 0.3 is 0 Å². The largest absolute Gasteiger partial charge is 0.391 e. The number of aliphatic hydroxyl groups excluding tert-OH is 3. The zero-order chi connectivity index (χ0) is 8.65. The van der Waals surface area contributed by atoms with Crippen molar-refractivity contribution >= 4 is 0 Å². The second-order valence-corrected chi connectivity index (χ2v) is 2.76. The first kappa shape index (κ1) is 8.89. The van der Waals surface area contributed by atoms with E-state index in [2.05, 4.69) is 0 Å². The Morgan fingerprint density at radius 1 is 1.45 bits per heavy atom. The standard InChI is InChI=1S/C6H12O5/c1-3-4(8)5(9)6(10,2-7)11-3/h3-5,7-10H,2H2,1H3/t3?,4?,5?,6-/m0/s1. The Labute approximate surface area is 63.8 Å². The van der Waals surface area contributed by atoms with Gasteiger partial charge in [0, 0.05) is 0 Å². The van der Waals surface area contributed by atoms with Crippen LogP contribution in [-0.2, 0) is 4.74 Å². The molecule has 0 aromatic carbocycles. The Kier molecular flexibility index (Phi) is 2.17. The molecule has 0 saturated carbocycles. The van der Waals surface area contributed by atoms with E-state index in [1.807, 2.05) is 0 Å². The van der Waals surface area contributed by atoms with Crippen molar-refractivity contribution in [3.63, 3.8) is 0 Å². The van der Waals surface area contributed by atoms with E-state index < -0.39 is 30.7 Å². The fourth-order valence-corrected chi connectivity index (χ4v) is 1.12. The molecule has 66 valence electrons. The Balaban J connectivity index is 2.73. The van der Waals surface area contributed by atoms with E-state index >= 15 is 0 Å². The van der Waals surface area contributed by atoms with Crippen molar-refractivity contribution in [3.8, 4) is 0 Å². The summed E-state index contributed by atoms with van der Waals surface area (Å²) in [6.07, 6.45) is -3.25. The highest BCUT2D eigenvalue weighted by molar-refractivity contribution is 4.93. The molecule has 5 nitrogen and oxygen atoms in total. The van der Waals surface area contributed by atoms with Gasteiger partial charge in [-0.25, -0.2) is 0 Å². The van der Waals surface area contributed by atoms with Crippen LogP contribution in [0.2, 0.25) is 0 Å². The molecule has 0 aliphatic carbocycles. The fourth-order valence-electron chi connectivity index (χ4n) is 1.12. The second kappa shape index (κ2) is 2.69. The summed E-state index contributed by atoms with van der Waals surface area (Å²) in [7, 11) is 0. The van der Waals surface area contributed by atoms with Crippen LogP contribution in [0, 0.1) is 0 Å². The normalized spacial score (nSPS) is 51.5. The average molecular weight is 164 g/mol. The van der Waals surface area contributed by atoms with Crippen LogP contribution in [0.5, 0.6) is 0 Å². The maximum atomic E-state index is 9.23. The molecule has 0 amide bonds. The van der Waals surface area contributed by atoms with Crippen LogP contribution in [-0.4, -0.2) is 51.1 Å². The van der Waals surface area contributed by atoms with Gasteiger partial charge in [0.25, 0.3) is 0 Å². The molecule has 0 aromatic heterocycles. The van der Waals surface area contributed by atoms with Crippen LogP contribution in [0.3, 0.4) is 0 Å². The first-order valence-electron chi connectivity index (χ1n) is 3.38. The fraction of sp³-hybridized carbons (Fsp3) is 1.00. The van der Waals surface area contributed by atoms with Crippen LogP contribution >= 0.6 is 0 Å². The first-order chi connectivity index (χ1) is 5.01. The summed E-state index contributed by atoms with van der Waals surface area (Å²) < 4.78 is 4.73. The molecule has 1 heterocycles. The van der Waals surface area contributed by atoms with Crippen molar-refractivity contribution < 1.29 is 25.2 Å². The second-order valence-electron chi connectivity index (χ2n) is 2.76. The highest BCUT2D eigenvalue weighted by Gasteiger charge is 2.51. The van der Waals surface area contributed by atoms with E-state index in [9.17, 15) is 5.11 Å². The predicted molar refractivity (Wildman–Crippen MR) is 34.6 cm³/mol. The smallest absolute Gasteiger partial charge is 0.219 e. The lowest BCUT2D eigenvalue weighted by Crippen LogP contribution is -2.46. The van der Waals surface area contributed by atoms with Crippen LogP contribution in [0.4, 0.5) is 0 Å². The molecule has 3 unspecified atom stereocenters. The maximum absolute atomic E-state index is 9.23. The third kappa shape index (κ3) is 1.25. The number of rotatable bonds is 1. The van der Waals surface area contributed by atoms with Crippen LogP contribution in [0.1, 0.15) is 6.92 Å². The van der Waals surface area contributed by atoms with Gasteiger partial charge in [0.1, 0.15) is 12.2 Å². The third-order valence-electron chi connectivity index (χ3n) is 1.88. The minimum absolute atomic E-state index is 0.665. The molecule has 1 saturated heterocycles. The third-order valence-corrected chi connectivity index (χ3v) is 1.88. The summed E-state index contributed by atoms with van der Waals surface area (Å²) in [5, 5.41) is 36.0. The molecule has 11 heavy (non-hydrogen) atoms. The Morgan fingerprint density at radius 2 is 2.00 bits per heavy atom. The van der Waals surface area contributed by atoms with E-state index in [1.54, 1.807) is 0 Å². The summed E-state index contributed by atoms with van der Waals surface area (Å²) in [6.45, 7) is 0.775. The van der Waals surface area contributed by atoms with Gasteiger partial charge in [0.2, 0.25) is 5.79 Å². The predicted octanol–water partition coefficient (Wildman–Crippen LogP) is -2.19. The molecule has 1 rings (SSSR count). The van der Waals surface area contributed by atoms with Gasteiger partial charge in [-0.2, -0.15) is 0 Å². The highest BCUT2D eigenvalue weighted by atomic mass is 16.7. The molecule has 4 N–H and O–H groups in total. The quantitative estimate of drug-likeness (QED) is 0.353. The van der Waals surface area contributed by atoms with Gasteiger partial charge in [-0.05, 0) is 6.92 Å². The molecule has 5 heteroatoms. The van der Waals surface area contributed by atoms with E-state index in [-0.39, 0.29) is 0 Å². The Hall–Kier alpha value is -0.200. The Morgan fingerprint density at radius 3 is 2.18 bits per heavy atom. The van der Waals surface area contributed by atoms with E-state index in [4.69, 9.17) is 20.1 Å². The number of ether oxygens (including phenoxy) is 1. The summed E-state index contributed by atoms with van der Waals surface area (Å²) in [4.78, 5) is 0. The monoisotopic (exact) mass is 164 g/mol. The minimum atomic E-state index is -2.00. The Bertz CT molecular complexity index is 150. The molecule has 0 spiro atoms. The summed E-state index contributed by atoms with van der Waals surface area (Å²) in [5.74, 6) is -2.00. The molecule has 1 aliphatic rings. The highest BCUT2D eigenvalue weighted by Crippen LogP contribution is 2.28. The van der Waals surface area contributed by atoms with Crippen molar-refractivity contribution in [1.29, 1.82) is 0 Å². The molecule has 4 atom stereocenters. The zero-order valence-corrected chi connectivity index (χ0v) is 6.14. The lowest BCUT2D eigenvalue weighted by molar-refractivity contribution is -0.243. The van der Waals surface area contributed by atoms with Gasteiger partial charge in [-0.1, -0.05) is 0 Å². The summed E-state index contributed by atoms with van der Waals surface area (Å²) in [6, 6.07) is 0. The van der Waals surface area contributed by atoms with Crippen LogP contribution < -0.4 is 0 Å². The van der Waals surface area contributed by atoms with Crippen molar-refractivity contribution in [2.45, 2.75) is 31.0 Å². The topological polar surface area (TPSA) is 90.2 Å². The summed E-state index contributed by atoms with van der Waals surface area (Å²) >= 11 is 0. The van der Waals surface area contributed by atoms with Crippen molar-refractivity contribution in [1.82, 2.24) is 0 Å². The molecule has 1 fully saturated rings. The van der Waals surface area contributed by atoms with Gasteiger partial charge in [0.05, 0.1) is 12.7 Å². The maximum Gasteiger partial charge on any atom is 0.219 e. The van der Waals surface area contributed by atoms with Gasteiger partial charge in [0.15, 0.2) is 0 Å². The van der Waals surface area contributed by atoms with Gasteiger partial charge in [-0.3, -0.25) is 0 Å². The van der Waals surface area contributed by atoms with E-state index in [0.29, 0.717) is 0 Å². The average Bonchev–Trinajstić information content (AvgIpc) is 2.17. The minimum Gasteiger partial charge on any atom is -0.391 e. The lowest BCUT2D eigenvalue weighted by atomic mass is 10.1. The SMILES string of the molecule is CC1O[C@@](O)(CO)C(O)C1O. The molecule has 1 aliphatic heterocycles. The van der Waals surface area contributed by atoms with Crippen LogP contribution in [0.15, 0.2) is 0 Å². The zero-order valence-electron chi connectivity index (χ0n) is 6.14. The van der Waals surface area contributed by atoms with Gasteiger partial charge < -0.3 is 25.2 Å². The molecule has 0 radical (unpaired) electrons. The van der Waals surface area contributed by atoms with Crippen molar-refractivity contribution in [2.75, 3.05) is 6.61 Å². The lowest BCUT2D eigenvalue weighted by Gasteiger charge is -2.22. The molecule has 0 aromatic rings. The molecular formula is C6H12O5. The number of hydrogen-bond donors (Lipinski definition) is 4. The molecule has 0 bridgehead atoms. The van der Waals surface area contributed by atoms with Crippen molar-refractivity contribution in [3.05, 3.63) is 0 Å². The number of hydrogen-bond acceptors (Lipinski definition) is 5. The summed E-state index contributed by atoms with van der Waals surface area (Å²) in [5.41, 5.74) is 0. The van der Waals surface area contributed by atoms with Crippen LogP contribution in [0.25, 0.3) is 0 Å². The van der Waals surface area contributed by atoms with E-state index in [0.717, 1.165) is 0 Å². The van der Waals surface area contributed by atoms with Gasteiger partial charge in [-0.15, -0.1) is 0 Å².